The van der Waals surface area contributed by atoms with Crippen LogP contribution in [0.3, 0.4) is 0 Å². The predicted molar refractivity (Wildman–Crippen MR) is 77.3 cm³/mol. The van der Waals surface area contributed by atoms with Crippen molar-refractivity contribution in [3.8, 4) is 0 Å². The van der Waals surface area contributed by atoms with Crippen LogP contribution >= 0.6 is 0 Å². The number of amides is 1. The predicted octanol–water partition coefficient (Wildman–Crippen LogP) is 3.55. The van der Waals surface area contributed by atoms with E-state index < -0.39 is 6.04 Å². The number of anilines is 2. The molecule has 1 amide bonds. The van der Waals surface area contributed by atoms with Crippen molar-refractivity contribution >= 4 is 17.3 Å². The number of carbonyl (C=O) groups is 1. The van der Waals surface area contributed by atoms with Gasteiger partial charge in [-0.3, -0.25) is 4.79 Å². The first-order valence-electron chi connectivity index (χ1n) is 6.48. The van der Waals surface area contributed by atoms with Crippen LogP contribution in [0.25, 0.3) is 0 Å². The van der Waals surface area contributed by atoms with Gasteiger partial charge in [0.05, 0.1) is 0 Å². The standard InChI is InChI=1S/C16H15FN2O/c1-9-5-10(2)7-12(6-9)18-15-13-4-3-11(17)8-14(13)19-16(15)20/h3-8,15,18H,1-2H3,(H,19,20). The topological polar surface area (TPSA) is 41.1 Å². The number of nitrogens with one attached hydrogen (secondary N) is 2. The molecule has 1 aliphatic rings. The van der Waals surface area contributed by atoms with Gasteiger partial charge < -0.3 is 10.6 Å². The van der Waals surface area contributed by atoms with Gasteiger partial charge in [-0.2, -0.15) is 0 Å². The Hall–Kier alpha value is -2.36. The summed E-state index contributed by atoms with van der Waals surface area (Å²) in [4.78, 5) is 12.0. The van der Waals surface area contributed by atoms with E-state index in [9.17, 15) is 9.18 Å². The molecular formula is C16H15FN2O. The Balaban J connectivity index is 1.94. The van der Waals surface area contributed by atoms with Crippen molar-refractivity contribution in [2.24, 2.45) is 0 Å². The van der Waals surface area contributed by atoms with Gasteiger partial charge in [0.15, 0.2) is 0 Å². The van der Waals surface area contributed by atoms with Crippen LogP contribution in [0.15, 0.2) is 36.4 Å². The zero-order valence-corrected chi connectivity index (χ0v) is 11.3. The monoisotopic (exact) mass is 270 g/mol. The van der Waals surface area contributed by atoms with Gasteiger partial charge >= 0.3 is 0 Å². The van der Waals surface area contributed by atoms with Crippen molar-refractivity contribution in [3.05, 3.63) is 58.9 Å². The highest BCUT2D eigenvalue weighted by Gasteiger charge is 2.30. The molecule has 0 saturated heterocycles. The van der Waals surface area contributed by atoms with E-state index in [1.807, 2.05) is 26.0 Å². The number of aryl methyl sites for hydroxylation is 2. The van der Waals surface area contributed by atoms with Gasteiger partial charge in [-0.25, -0.2) is 4.39 Å². The van der Waals surface area contributed by atoms with E-state index in [0.717, 1.165) is 22.4 Å². The van der Waals surface area contributed by atoms with Crippen molar-refractivity contribution < 1.29 is 9.18 Å². The molecule has 102 valence electrons. The Morgan fingerprint density at radius 1 is 1.10 bits per heavy atom. The van der Waals surface area contributed by atoms with E-state index in [1.54, 1.807) is 6.07 Å². The molecule has 1 aliphatic heterocycles. The number of hydrogen-bond acceptors (Lipinski definition) is 2. The van der Waals surface area contributed by atoms with E-state index in [4.69, 9.17) is 0 Å². The van der Waals surface area contributed by atoms with Crippen LogP contribution in [0.4, 0.5) is 15.8 Å². The van der Waals surface area contributed by atoms with Crippen LogP contribution in [0, 0.1) is 19.7 Å². The second kappa shape index (κ2) is 4.63. The molecule has 0 bridgehead atoms. The molecular weight excluding hydrogens is 255 g/mol. The molecule has 2 N–H and O–H groups in total. The van der Waals surface area contributed by atoms with Crippen LogP contribution in [-0.2, 0) is 4.79 Å². The molecule has 0 aromatic heterocycles. The number of rotatable bonds is 2. The SMILES string of the molecule is Cc1cc(C)cc(NC2C(=O)Nc3cc(F)ccc32)c1. The van der Waals surface area contributed by atoms with Crippen molar-refractivity contribution in [1.82, 2.24) is 0 Å². The maximum Gasteiger partial charge on any atom is 0.251 e. The number of benzene rings is 2. The van der Waals surface area contributed by atoms with Gasteiger partial charge in [0.1, 0.15) is 11.9 Å². The summed E-state index contributed by atoms with van der Waals surface area (Å²) in [6.45, 7) is 4.02. The second-order valence-corrected chi connectivity index (χ2v) is 5.17. The highest BCUT2D eigenvalue weighted by Crippen LogP contribution is 2.33. The van der Waals surface area contributed by atoms with Crippen LogP contribution < -0.4 is 10.6 Å². The second-order valence-electron chi connectivity index (χ2n) is 5.17. The fourth-order valence-corrected chi connectivity index (χ4v) is 2.60. The van der Waals surface area contributed by atoms with Crippen molar-refractivity contribution in [2.75, 3.05) is 10.6 Å². The number of carbonyl (C=O) groups excluding carboxylic acids is 1. The van der Waals surface area contributed by atoms with Gasteiger partial charge in [-0.15, -0.1) is 0 Å². The molecule has 2 aromatic rings. The third-order valence-corrected chi connectivity index (χ3v) is 3.38. The normalized spacial score (nSPS) is 16.8. The maximum atomic E-state index is 13.2. The van der Waals surface area contributed by atoms with Crippen molar-refractivity contribution in [1.29, 1.82) is 0 Å². The minimum atomic E-state index is -0.480. The average molecular weight is 270 g/mol. The number of fused-ring (bicyclic) bond motifs is 1. The highest BCUT2D eigenvalue weighted by molar-refractivity contribution is 6.04. The molecule has 1 unspecified atom stereocenters. The summed E-state index contributed by atoms with van der Waals surface area (Å²) in [5, 5.41) is 5.91. The van der Waals surface area contributed by atoms with Gasteiger partial charge in [0, 0.05) is 16.9 Å². The van der Waals surface area contributed by atoms with E-state index >= 15 is 0 Å². The third kappa shape index (κ3) is 2.25. The smallest absolute Gasteiger partial charge is 0.251 e. The Bertz CT molecular complexity index is 677. The fraction of sp³-hybridized carbons (Fsp3) is 0.188. The Morgan fingerprint density at radius 2 is 1.80 bits per heavy atom. The molecule has 3 nitrogen and oxygen atoms in total. The summed E-state index contributed by atoms with van der Waals surface area (Å²) in [7, 11) is 0. The number of hydrogen-bond donors (Lipinski definition) is 2. The molecule has 1 heterocycles. The first-order chi connectivity index (χ1) is 9.52. The van der Waals surface area contributed by atoms with E-state index in [-0.39, 0.29) is 11.7 Å². The maximum absolute atomic E-state index is 13.2. The van der Waals surface area contributed by atoms with E-state index in [2.05, 4.69) is 16.7 Å². The molecule has 20 heavy (non-hydrogen) atoms. The lowest BCUT2D eigenvalue weighted by atomic mass is 10.1. The van der Waals surface area contributed by atoms with Crippen LogP contribution in [-0.4, -0.2) is 5.91 Å². The van der Waals surface area contributed by atoms with E-state index in [0.29, 0.717) is 5.69 Å². The Morgan fingerprint density at radius 3 is 2.50 bits per heavy atom. The highest BCUT2D eigenvalue weighted by atomic mass is 19.1. The Kier molecular flexibility index (Phi) is 2.93. The zero-order valence-electron chi connectivity index (χ0n) is 11.3. The quantitative estimate of drug-likeness (QED) is 0.876. The molecule has 0 aliphatic carbocycles. The van der Waals surface area contributed by atoms with Gasteiger partial charge in [-0.1, -0.05) is 12.1 Å². The molecule has 2 aromatic carbocycles. The summed E-state index contributed by atoms with van der Waals surface area (Å²) in [5.74, 6) is -0.513. The zero-order chi connectivity index (χ0) is 14.3. The molecule has 4 heteroatoms. The van der Waals surface area contributed by atoms with E-state index in [1.165, 1.54) is 12.1 Å². The lowest BCUT2D eigenvalue weighted by Crippen LogP contribution is -2.19. The molecule has 0 spiro atoms. The minimum absolute atomic E-state index is 0.162. The van der Waals surface area contributed by atoms with Crippen LogP contribution in [0.1, 0.15) is 22.7 Å². The fourth-order valence-electron chi connectivity index (χ4n) is 2.60. The summed E-state index contributed by atoms with van der Waals surface area (Å²) in [6.07, 6.45) is 0. The molecule has 1 atom stereocenters. The molecule has 3 rings (SSSR count). The lowest BCUT2D eigenvalue weighted by molar-refractivity contribution is -0.116. The first-order valence-corrected chi connectivity index (χ1v) is 6.48. The van der Waals surface area contributed by atoms with Crippen LogP contribution in [0.5, 0.6) is 0 Å². The van der Waals surface area contributed by atoms with Crippen LogP contribution in [0.2, 0.25) is 0 Å². The minimum Gasteiger partial charge on any atom is -0.370 e. The summed E-state index contributed by atoms with van der Waals surface area (Å²) in [6, 6.07) is 9.92. The lowest BCUT2D eigenvalue weighted by Gasteiger charge is -2.14. The van der Waals surface area contributed by atoms with Gasteiger partial charge in [-0.05, 0) is 49.2 Å². The molecule has 0 radical (unpaired) electrons. The largest absolute Gasteiger partial charge is 0.370 e. The van der Waals surface area contributed by atoms with Crippen molar-refractivity contribution in [3.63, 3.8) is 0 Å². The Labute approximate surface area is 116 Å². The average Bonchev–Trinajstić information content (AvgIpc) is 2.64. The molecule has 0 saturated carbocycles. The van der Waals surface area contributed by atoms with Gasteiger partial charge in [0.25, 0.3) is 5.91 Å². The summed E-state index contributed by atoms with van der Waals surface area (Å²) >= 11 is 0. The number of halogens is 1. The third-order valence-electron chi connectivity index (χ3n) is 3.38. The summed E-state index contributed by atoms with van der Waals surface area (Å²) in [5.41, 5.74) is 4.46. The van der Waals surface area contributed by atoms with Crippen molar-refractivity contribution in [2.45, 2.75) is 19.9 Å². The van der Waals surface area contributed by atoms with Gasteiger partial charge in [0.2, 0.25) is 0 Å². The molecule has 0 fully saturated rings. The first kappa shape index (κ1) is 12.7. The summed E-state index contributed by atoms with van der Waals surface area (Å²) < 4.78 is 13.2.